The Hall–Kier alpha value is -1.30. The molecule has 68 valence electrons. The maximum atomic E-state index is 2.22. The summed E-state index contributed by atoms with van der Waals surface area (Å²) in [5.41, 5.74) is 2.64. The molecular formula is C13H16. The van der Waals surface area contributed by atoms with Gasteiger partial charge in [0, 0.05) is 0 Å². The van der Waals surface area contributed by atoms with Crippen LogP contribution in [0.4, 0.5) is 0 Å². The van der Waals surface area contributed by atoms with Crippen LogP contribution in [0, 0.1) is 0 Å². The summed E-state index contributed by atoms with van der Waals surface area (Å²) >= 11 is 0. The van der Waals surface area contributed by atoms with Crippen LogP contribution in [-0.2, 0) is 0 Å². The van der Waals surface area contributed by atoms with Crippen LogP contribution in [0.15, 0.2) is 48.1 Å². The first kappa shape index (κ1) is 9.79. The predicted octanol–water partition coefficient (Wildman–Crippen LogP) is 4.06. The van der Waals surface area contributed by atoms with Gasteiger partial charge in [-0.3, -0.25) is 0 Å². The summed E-state index contributed by atoms with van der Waals surface area (Å²) in [5.74, 6) is 0. The van der Waals surface area contributed by atoms with Gasteiger partial charge in [0.05, 0.1) is 0 Å². The topological polar surface area (TPSA) is 0 Å². The Labute approximate surface area is 80.6 Å². The minimum absolute atomic E-state index is 1.03. The zero-order chi connectivity index (χ0) is 9.52. The lowest BCUT2D eigenvalue weighted by Crippen LogP contribution is -1.68. The molecule has 1 aromatic carbocycles. The van der Waals surface area contributed by atoms with E-state index in [1.54, 1.807) is 0 Å². The van der Waals surface area contributed by atoms with Crippen molar-refractivity contribution in [2.24, 2.45) is 0 Å². The molecule has 0 amide bonds. The van der Waals surface area contributed by atoms with Crippen LogP contribution < -0.4 is 0 Å². The number of hydrogen-bond donors (Lipinski definition) is 0. The van der Waals surface area contributed by atoms with Gasteiger partial charge in [-0.2, -0.15) is 0 Å². The molecule has 0 N–H and O–H groups in total. The summed E-state index contributed by atoms with van der Waals surface area (Å²) < 4.78 is 0. The van der Waals surface area contributed by atoms with Crippen molar-refractivity contribution >= 4 is 6.08 Å². The van der Waals surface area contributed by atoms with E-state index in [1.807, 2.05) is 6.07 Å². The second-order valence-electron chi connectivity index (χ2n) is 3.33. The lowest BCUT2D eigenvalue weighted by molar-refractivity contribution is 1.28. The first-order chi connectivity index (χ1) is 6.29. The summed E-state index contributed by atoms with van der Waals surface area (Å²) in [6.07, 6.45) is 7.58. The maximum absolute atomic E-state index is 2.22. The summed E-state index contributed by atoms with van der Waals surface area (Å²) in [6.45, 7) is 4.24. The van der Waals surface area contributed by atoms with Crippen molar-refractivity contribution < 1.29 is 0 Å². The van der Waals surface area contributed by atoms with Crippen molar-refractivity contribution in [1.29, 1.82) is 0 Å². The Bertz CT molecular complexity index is 287. The zero-order valence-corrected chi connectivity index (χ0v) is 8.33. The van der Waals surface area contributed by atoms with Gasteiger partial charge >= 0.3 is 0 Å². The van der Waals surface area contributed by atoms with Crippen molar-refractivity contribution in [3.05, 3.63) is 53.6 Å². The second kappa shape index (κ2) is 5.36. The van der Waals surface area contributed by atoms with Gasteiger partial charge in [0.15, 0.2) is 0 Å². The molecule has 0 aliphatic heterocycles. The van der Waals surface area contributed by atoms with Crippen molar-refractivity contribution in [3.63, 3.8) is 0 Å². The Morgan fingerprint density at radius 2 is 1.85 bits per heavy atom. The summed E-state index contributed by atoms with van der Waals surface area (Å²) in [6, 6.07) is 10.4. The van der Waals surface area contributed by atoms with Crippen molar-refractivity contribution in [2.75, 3.05) is 0 Å². The third kappa shape index (κ3) is 4.32. The summed E-state index contributed by atoms with van der Waals surface area (Å²) in [4.78, 5) is 0. The van der Waals surface area contributed by atoms with E-state index < -0.39 is 0 Å². The van der Waals surface area contributed by atoms with Crippen molar-refractivity contribution in [2.45, 2.75) is 20.3 Å². The quantitative estimate of drug-likeness (QED) is 0.603. The van der Waals surface area contributed by atoms with Crippen molar-refractivity contribution in [1.82, 2.24) is 0 Å². The van der Waals surface area contributed by atoms with Gasteiger partial charge in [-0.05, 0) is 25.8 Å². The standard InChI is InChI=1S/C13H16/c1-12(2)8-6-7-11-13-9-4-3-5-10-13/h3-5,7-11H,6H2,1-2H3. The first-order valence-corrected chi connectivity index (χ1v) is 4.64. The fourth-order valence-corrected chi connectivity index (χ4v) is 1.07. The molecule has 13 heavy (non-hydrogen) atoms. The second-order valence-corrected chi connectivity index (χ2v) is 3.33. The molecule has 1 rings (SSSR count). The molecule has 0 atom stereocenters. The number of hydrogen-bond acceptors (Lipinski definition) is 0. The van der Waals surface area contributed by atoms with E-state index in [9.17, 15) is 0 Å². The normalized spacial score (nSPS) is 10.3. The van der Waals surface area contributed by atoms with Gasteiger partial charge in [-0.15, -0.1) is 0 Å². The monoisotopic (exact) mass is 172 g/mol. The van der Waals surface area contributed by atoms with E-state index in [2.05, 4.69) is 56.3 Å². The first-order valence-electron chi connectivity index (χ1n) is 4.64. The highest BCUT2D eigenvalue weighted by Gasteiger charge is 1.81. The Kier molecular flexibility index (Phi) is 4.04. The minimum Gasteiger partial charge on any atom is -0.0821 e. The molecule has 0 aliphatic rings. The van der Waals surface area contributed by atoms with Crippen LogP contribution in [0.3, 0.4) is 0 Å². The SMILES string of the molecule is CC(C)=CCC=Cc1ccccc1. The van der Waals surface area contributed by atoms with Gasteiger partial charge in [0.25, 0.3) is 0 Å². The minimum atomic E-state index is 1.03. The van der Waals surface area contributed by atoms with Gasteiger partial charge in [-0.25, -0.2) is 0 Å². The van der Waals surface area contributed by atoms with E-state index in [-0.39, 0.29) is 0 Å². The van der Waals surface area contributed by atoms with Gasteiger partial charge in [0.1, 0.15) is 0 Å². The number of rotatable bonds is 3. The Morgan fingerprint density at radius 1 is 1.15 bits per heavy atom. The molecule has 0 nitrogen and oxygen atoms in total. The van der Waals surface area contributed by atoms with Crippen LogP contribution in [0.2, 0.25) is 0 Å². The van der Waals surface area contributed by atoms with Crippen molar-refractivity contribution in [3.8, 4) is 0 Å². The summed E-state index contributed by atoms with van der Waals surface area (Å²) in [7, 11) is 0. The van der Waals surface area contributed by atoms with Gasteiger partial charge < -0.3 is 0 Å². The zero-order valence-electron chi connectivity index (χ0n) is 8.33. The summed E-state index contributed by atoms with van der Waals surface area (Å²) in [5, 5.41) is 0. The molecule has 0 fully saturated rings. The maximum Gasteiger partial charge on any atom is -0.0163 e. The third-order valence-electron chi connectivity index (χ3n) is 1.77. The van der Waals surface area contributed by atoms with Crippen LogP contribution in [0.1, 0.15) is 25.8 Å². The molecule has 0 aliphatic carbocycles. The fraction of sp³-hybridized carbons (Fsp3) is 0.231. The van der Waals surface area contributed by atoms with Crippen LogP contribution in [-0.4, -0.2) is 0 Å². The molecule has 0 bridgehead atoms. The van der Waals surface area contributed by atoms with Crippen LogP contribution >= 0.6 is 0 Å². The van der Waals surface area contributed by atoms with E-state index in [0.717, 1.165) is 6.42 Å². The third-order valence-corrected chi connectivity index (χ3v) is 1.77. The molecule has 0 saturated carbocycles. The lowest BCUT2D eigenvalue weighted by atomic mass is 10.2. The van der Waals surface area contributed by atoms with E-state index in [4.69, 9.17) is 0 Å². The number of allylic oxidation sites excluding steroid dienone is 3. The molecule has 0 aromatic heterocycles. The molecule has 0 spiro atoms. The fourth-order valence-electron chi connectivity index (χ4n) is 1.07. The Morgan fingerprint density at radius 3 is 2.46 bits per heavy atom. The highest BCUT2D eigenvalue weighted by atomic mass is 13.9. The molecule has 0 heteroatoms. The van der Waals surface area contributed by atoms with E-state index in [1.165, 1.54) is 11.1 Å². The molecular weight excluding hydrogens is 156 g/mol. The smallest absolute Gasteiger partial charge is 0.0163 e. The highest BCUT2D eigenvalue weighted by Crippen LogP contribution is 2.02. The van der Waals surface area contributed by atoms with Gasteiger partial charge in [0.2, 0.25) is 0 Å². The Balaban J connectivity index is 2.46. The van der Waals surface area contributed by atoms with Crippen LogP contribution in [0.25, 0.3) is 6.08 Å². The molecule has 0 heterocycles. The molecule has 0 saturated heterocycles. The average molecular weight is 172 g/mol. The molecule has 0 radical (unpaired) electrons. The molecule has 1 aromatic rings. The highest BCUT2D eigenvalue weighted by molar-refractivity contribution is 5.48. The predicted molar refractivity (Wildman–Crippen MR) is 59.5 cm³/mol. The number of benzene rings is 1. The average Bonchev–Trinajstić information content (AvgIpc) is 2.14. The van der Waals surface area contributed by atoms with E-state index >= 15 is 0 Å². The largest absolute Gasteiger partial charge is 0.0821 e. The van der Waals surface area contributed by atoms with Gasteiger partial charge in [-0.1, -0.05) is 54.1 Å². The molecule has 0 unspecified atom stereocenters. The van der Waals surface area contributed by atoms with Crippen LogP contribution in [0.5, 0.6) is 0 Å². The lowest BCUT2D eigenvalue weighted by Gasteiger charge is -1.90. The van der Waals surface area contributed by atoms with E-state index in [0.29, 0.717) is 0 Å².